The van der Waals surface area contributed by atoms with Crippen LogP contribution in [0.3, 0.4) is 0 Å². The van der Waals surface area contributed by atoms with Crippen LogP contribution >= 0.6 is 11.6 Å². The normalized spacial score (nSPS) is 24.8. The Morgan fingerprint density at radius 1 is 1.56 bits per heavy atom. The fraction of sp³-hybridized carbons (Fsp3) is 0.786. The number of nitrogens with zero attached hydrogens (tertiary/aromatic N) is 1. The van der Waals surface area contributed by atoms with Crippen LogP contribution in [0.4, 0.5) is 4.79 Å². The van der Waals surface area contributed by atoms with Gasteiger partial charge in [-0.2, -0.15) is 0 Å². The van der Waals surface area contributed by atoms with E-state index in [1.54, 1.807) is 0 Å². The summed E-state index contributed by atoms with van der Waals surface area (Å²) >= 11 is 6.13. The van der Waals surface area contributed by atoms with E-state index in [9.17, 15) is 4.79 Å². The highest BCUT2D eigenvalue weighted by molar-refractivity contribution is 6.29. The number of ether oxygens (including phenoxy) is 1. The lowest BCUT2D eigenvalue weighted by Gasteiger charge is -2.39. The Bertz CT molecular complexity index is 333. The molecular formula is C14H24ClNO2. The fourth-order valence-electron chi connectivity index (χ4n) is 2.21. The summed E-state index contributed by atoms with van der Waals surface area (Å²) in [6.45, 7) is 9.78. The predicted octanol–water partition coefficient (Wildman–Crippen LogP) is 4.31. The van der Waals surface area contributed by atoms with Crippen molar-refractivity contribution in [3.63, 3.8) is 0 Å². The average molecular weight is 274 g/mol. The zero-order chi connectivity index (χ0) is 13.9. The smallest absolute Gasteiger partial charge is 0.411 e. The summed E-state index contributed by atoms with van der Waals surface area (Å²) in [5.74, 6) is 0. The Kier molecular flexibility index (Phi) is 5.09. The summed E-state index contributed by atoms with van der Waals surface area (Å²) in [6.07, 6.45) is 4.38. The minimum absolute atomic E-state index is 0.0566. The maximum atomic E-state index is 12.2. The molecule has 0 saturated carbocycles. The standard InChI is InChI=1S/C14H24ClNO2/c1-6-7-12-9-11(15)8-10(2)16(12)13(17)18-14(3,4)5/h9-10,12H,6-8H2,1-5H3/t10-,12+/m0/s1. The first kappa shape index (κ1) is 15.4. The van der Waals surface area contributed by atoms with Crippen molar-refractivity contribution in [3.05, 3.63) is 11.1 Å². The third-order valence-corrected chi connectivity index (χ3v) is 3.16. The zero-order valence-electron chi connectivity index (χ0n) is 12.0. The average Bonchev–Trinajstić information content (AvgIpc) is 2.13. The highest BCUT2D eigenvalue weighted by Gasteiger charge is 2.33. The summed E-state index contributed by atoms with van der Waals surface area (Å²) in [5, 5.41) is 0.848. The first-order valence-corrected chi connectivity index (χ1v) is 7.00. The van der Waals surface area contributed by atoms with Crippen molar-refractivity contribution in [2.75, 3.05) is 0 Å². The molecule has 0 saturated heterocycles. The first-order chi connectivity index (χ1) is 8.24. The lowest BCUT2D eigenvalue weighted by molar-refractivity contribution is 0.00906. The van der Waals surface area contributed by atoms with Gasteiger partial charge in [-0.25, -0.2) is 4.79 Å². The lowest BCUT2D eigenvalue weighted by atomic mass is 10.0. The van der Waals surface area contributed by atoms with Crippen LogP contribution in [-0.2, 0) is 4.74 Å². The molecule has 0 unspecified atom stereocenters. The highest BCUT2D eigenvalue weighted by atomic mass is 35.5. The van der Waals surface area contributed by atoms with Crippen molar-refractivity contribution < 1.29 is 9.53 Å². The number of carbonyl (C=O) groups excluding carboxylic acids is 1. The summed E-state index contributed by atoms with van der Waals surface area (Å²) in [6, 6.07) is 0.148. The minimum atomic E-state index is -0.460. The second kappa shape index (κ2) is 5.96. The van der Waals surface area contributed by atoms with Crippen molar-refractivity contribution in [1.29, 1.82) is 0 Å². The van der Waals surface area contributed by atoms with E-state index in [1.807, 2.05) is 38.7 Å². The third-order valence-electron chi connectivity index (χ3n) is 2.88. The highest BCUT2D eigenvalue weighted by Crippen LogP contribution is 2.28. The quantitative estimate of drug-likeness (QED) is 0.750. The predicted molar refractivity (Wildman–Crippen MR) is 74.8 cm³/mol. The van der Waals surface area contributed by atoms with Crippen molar-refractivity contribution in [3.8, 4) is 0 Å². The molecule has 18 heavy (non-hydrogen) atoms. The van der Waals surface area contributed by atoms with E-state index in [-0.39, 0.29) is 18.2 Å². The summed E-state index contributed by atoms with van der Waals surface area (Å²) in [7, 11) is 0. The molecule has 0 aromatic carbocycles. The van der Waals surface area contributed by atoms with Crippen molar-refractivity contribution in [2.24, 2.45) is 0 Å². The molecule has 0 bridgehead atoms. The van der Waals surface area contributed by atoms with Gasteiger partial charge in [0.2, 0.25) is 0 Å². The van der Waals surface area contributed by atoms with Gasteiger partial charge in [-0.1, -0.05) is 24.9 Å². The number of halogens is 1. The van der Waals surface area contributed by atoms with E-state index >= 15 is 0 Å². The minimum Gasteiger partial charge on any atom is -0.444 e. The molecule has 0 fully saturated rings. The molecule has 1 rings (SSSR count). The van der Waals surface area contributed by atoms with Gasteiger partial charge in [0.05, 0.1) is 6.04 Å². The summed E-state index contributed by atoms with van der Waals surface area (Å²) in [5.41, 5.74) is -0.460. The SMILES string of the molecule is CCC[C@@H]1C=C(Cl)C[C@H](C)N1C(=O)OC(C)(C)C. The number of hydrogen-bond acceptors (Lipinski definition) is 2. The zero-order valence-corrected chi connectivity index (χ0v) is 12.8. The molecule has 0 aliphatic carbocycles. The van der Waals surface area contributed by atoms with Gasteiger partial charge >= 0.3 is 6.09 Å². The molecule has 1 heterocycles. The Hall–Kier alpha value is -0.700. The topological polar surface area (TPSA) is 29.5 Å². The molecule has 2 atom stereocenters. The molecule has 104 valence electrons. The van der Waals surface area contributed by atoms with Crippen LogP contribution in [0.2, 0.25) is 0 Å². The maximum Gasteiger partial charge on any atom is 0.411 e. The van der Waals surface area contributed by atoms with Crippen LogP contribution in [0.5, 0.6) is 0 Å². The molecule has 0 N–H and O–H groups in total. The van der Waals surface area contributed by atoms with Crippen LogP contribution in [-0.4, -0.2) is 28.7 Å². The molecule has 4 heteroatoms. The van der Waals surface area contributed by atoms with Gasteiger partial charge in [0, 0.05) is 17.5 Å². The lowest BCUT2D eigenvalue weighted by Crippen LogP contribution is -2.49. The number of hydrogen-bond donors (Lipinski definition) is 0. The van der Waals surface area contributed by atoms with Crippen LogP contribution in [0, 0.1) is 0 Å². The van der Waals surface area contributed by atoms with Crippen LogP contribution in [0.1, 0.15) is 53.9 Å². The van der Waals surface area contributed by atoms with E-state index in [0.717, 1.165) is 17.9 Å². The van der Waals surface area contributed by atoms with E-state index in [2.05, 4.69) is 6.92 Å². The van der Waals surface area contributed by atoms with Gasteiger partial charge in [-0.15, -0.1) is 0 Å². The van der Waals surface area contributed by atoms with Crippen molar-refractivity contribution in [1.82, 2.24) is 4.90 Å². The molecule has 1 amide bonds. The van der Waals surface area contributed by atoms with Crippen molar-refractivity contribution >= 4 is 17.7 Å². The number of amides is 1. The Morgan fingerprint density at radius 3 is 2.67 bits per heavy atom. The summed E-state index contributed by atoms with van der Waals surface area (Å²) < 4.78 is 5.47. The van der Waals surface area contributed by atoms with E-state index in [0.29, 0.717) is 6.42 Å². The molecular weight excluding hydrogens is 250 g/mol. The van der Waals surface area contributed by atoms with Gasteiger partial charge in [-0.3, -0.25) is 4.90 Å². The van der Waals surface area contributed by atoms with Gasteiger partial charge in [0.1, 0.15) is 5.60 Å². The van der Waals surface area contributed by atoms with Gasteiger partial charge in [0.25, 0.3) is 0 Å². The van der Waals surface area contributed by atoms with Gasteiger partial charge < -0.3 is 4.74 Å². The third kappa shape index (κ3) is 4.20. The monoisotopic (exact) mass is 273 g/mol. The fourth-order valence-corrected chi connectivity index (χ4v) is 2.58. The van der Waals surface area contributed by atoms with Gasteiger partial charge in [0.15, 0.2) is 0 Å². The molecule has 3 nitrogen and oxygen atoms in total. The number of carbonyl (C=O) groups is 1. The first-order valence-electron chi connectivity index (χ1n) is 6.62. The molecule has 1 aliphatic rings. The largest absolute Gasteiger partial charge is 0.444 e. The Balaban J connectivity index is 2.85. The Labute approximate surface area is 115 Å². The summed E-state index contributed by atoms with van der Waals surface area (Å²) in [4.78, 5) is 14.1. The van der Waals surface area contributed by atoms with E-state index in [1.165, 1.54) is 0 Å². The molecule has 0 aromatic heterocycles. The molecule has 0 radical (unpaired) electrons. The van der Waals surface area contributed by atoms with E-state index in [4.69, 9.17) is 16.3 Å². The molecule has 0 spiro atoms. The number of rotatable bonds is 2. The molecule has 1 aliphatic heterocycles. The second-order valence-corrected chi connectivity index (χ2v) is 6.40. The van der Waals surface area contributed by atoms with E-state index < -0.39 is 5.60 Å². The second-order valence-electron chi connectivity index (χ2n) is 5.91. The van der Waals surface area contributed by atoms with Crippen LogP contribution in [0.25, 0.3) is 0 Å². The van der Waals surface area contributed by atoms with Crippen LogP contribution in [0.15, 0.2) is 11.1 Å². The van der Waals surface area contributed by atoms with Gasteiger partial charge in [-0.05, 0) is 40.2 Å². The maximum absolute atomic E-state index is 12.2. The molecule has 0 aromatic rings. The Morgan fingerprint density at radius 2 is 2.17 bits per heavy atom. The van der Waals surface area contributed by atoms with Crippen LogP contribution < -0.4 is 0 Å². The van der Waals surface area contributed by atoms with Crippen molar-refractivity contribution in [2.45, 2.75) is 71.6 Å².